The molecule has 0 N–H and O–H groups in total. The Morgan fingerprint density at radius 1 is 1.20 bits per heavy atom. The van der Waals surface area contributed by atoms with Crippen LogP contribution in [0.4, 0.5) is 0 Å². The number of ether oxygens (including phenoxy) is 1. The second kappa shape index (κ2) is 7.19. The summed E-state index contributed by atoms with van der Waals surface area (Å²) in [5.41, 5.74) is 2.67. The van der Waals surface area contributed by atoms with Gasteiger partial charge in [0.1, 0.15) is 0 Å². The van der Waals surface area contributed by atoms with Crippen LogP contribution in [-0.4, -0.2) is 22.5 Å². The Balaban J connectivity index is 1.93. The van der Waals surface area contributed by atoms with E-state index in [4.69, 9.17) is 4.74 Å². The molecule has 0 aliphatic carbocycles. The summed E-state index contributed by atoms with van der Waals surface area (Å²) < 4.78 is 4.93. The molecule has 0 bridgehead atoms. The monoisotopic (exact) mass is 268 g/mol. The molecule has 0 amide bonds. The lowest BCUT2D eigenvalue weighted by molar-refractivity contribution is -0.137. The highest BCUT2D eigenvalue weighted by Gasteiger charge is 2.02. The maximum absolute atomic E-state index is 10.9. The standard InChI is InChI=1S/C16H16N2O2/c1-2-16(19)20-12-6-8-13-7-5-10-15(18-13)14-9-3-4-11-17-14/h2-5,7,9-11H,1,6,8,12H2. The predicted octanol–water partition coefficient (Wildman–Crippen LogP) is 2.81. The van der Waals surface area contributed by atoms with Gasteiger partial charge in [0.25, 0.3) is 0 Å². The van der Waals surface area contributed by atoms with Crippen LogP contribution in [0.2, 0.25) is 0 Å². The van der Waals surface area contributed by atoms with Crippen molar-refractivity contribution in [2.75, 3.05) is 6.61 Å². The minimum Gasteiger partial charge on any atom is -0.463 e. The van der Waals surface area contributed by atoms with Crippen molar-refractivity contribution in [1.82, 2.24) is 9.97 Å². The Labute approximate surface area is 118 Å². The fraction of sp³-hybridized carbons (Fsp3) is 0.188. The van der Waals surface area contributed by atoms with Crippen molar-refractivity contribution in [3.05, 3.63) is 60.9 Å². The molecule has 0 saturated heterocycles. The first-order valence-electron chi connectivity index (χ1n) is 6.46. The van der Waals surface area contributed by atoms with E-state index in [-0.39, 0.29) is 5.97 Å². The second-order valence-electron chi connectivity index (χ2n) is 4.20. The second-order valence-corrected chi connectivity index (χ2v) is 4.20. The van der Waals surface area contributed by atoms with Gasteiger partial charge in [0, 0.05) is 18.0 Å². The number of aromatic nitrogens is 2. The van der Waals surface area contributed by atoms with Gasteiger partial charge in [0.15, 0.2) is 0 Å². The van der Waals surface area contributed by atoms with Crippen molar-refractivity contribution >= 4 is 5.97 Å². The zero-order chi connectivity index (χ0) is 14.2. The summed E-state index contributed by atoms with van der Waals surface area (Å²) in [5, 5.41) is 0. The summed E-state index contributed by atoms with van der Waals surface area (Å²) in [5.74, 6) is -0.389. The third kappa shape index (κ3) is 4.02. The molecular formula is C16H16N2O2. The minimum absolute atomic E-state index is 0.375. The summed E-state index contributed by atoms with van der Waals surface area (Å²) in [7, 11) is 0. The van der Waals surface area contributed by atoms with Gasteiger partial charge in [-0.1, -0.05) is 18.7 Å². The molecule has 20 heavy (non-hydrogen) atoms. The van der Waals surface area contributed by atoms with Crippen LogP contribution in [0.25, 0.3) is 11.4 Å². The SMILES string of the molecule is C=CC(=O)OCCCc1cccc(-c2ccccn2)n1. The zero-order valence-electron chi connectivity index (χ0n) is 11.2. The van der Waals surface area contributed by atoms with Crippen molar-refractivity contribution < 1.29 is 9.53 Å². The number of carbonyl (C=O) groups excluding carboxylic acids is 1. The van der Waals surface area contributed by atoms with Crippen molar-refractivity contribution in [1.29, 1.82) is 0 Å². The van der Waals surface area contributed by atoms with E-state index < -0.39 is 0 Å². The number of esters is 1. The maximum atomic E-state index is 10.9. The van der Waals surface area contributed by atoms with Crippen LogP contribution in [0.5, 0.6) is 0 Å². The molecule has 0 saturated carbocycles. The number of hydrogen-bond donors (Lipinski definition) is 0. The van der Waals surface area contributed by atoms with E-state index in [1.54, 1.807) is 6.20 Å². The first-order valence-corrected chi connectivity index (χ1v) is 6.46. The number of rotatable bonds is 6. The number of pyridine rings is 2. The maximum Gasteiger partial charge on any atom is 0.330 e. The zero-order valence-corrected chi connectivity index (χ0v) is 11.2. The average Bonchev–Trinajstić information content (AvgIpc) is 2.52. The lowest BCUT2D eigenvalue weighted by atomic mass is 10.2. The molecule has 4 heteroatoms. The molecule has 0 atom stereocenters. The molecule has 0 unspecified atom stereocenters. The Hall–Kier alpha value is -2.49. The normalized spacial score (nSPS) is 10.0. The van der Waals surface area contributed by atoms with Gasteiger partial charge in [-0.25, -0.2) is 4.79 Å². The number of hydrogen-bond acceptors (Lipinski definition) is 4. The third-order valence-electron chi connectivity index (χ3n) is 2.72. The molecular weight excluding hydrogens is 252 g/mol. The van der Waals surface area contributed by atoms with Gasteiger partial charge in [-0.2, -0.15) is 0 Å². The third-order valence-corrected chi connectivity index (χ3v) is 2.72. The van der Waals surface area contributed by atoms with Crippen LogP contribution in [-0.2, 0) is 16.0 Å². The van der Waals surface area contributed by atoms with Crippen LogP contribution in [0.3, 0.4) is 0 Å². The predicted molar refractivity (Wildman–Crippen MR) is 76.9 cm³/mol. The molecule has 0 radical (unpaired) electrons. The molecule has 4 nitrogen and oxygen atoms in total. The summed E-state index contributed by atoms with van der Waals surface area (Å²) in [6.07, 6.45) is 4.40. The Kier molecular flexibility index (Phi) is 5.00. The Bertz CT molecular complexity index is 582. The van der Waals surface area contributed by atoms with E-state index in [1.165, 1.54) is 6.08 Å². The Morgan fingerprint density at radius 2 is 2.05 bits per heavy atom. The van der Waals surface area contributed by atoms with Crippen molar-refractivity contribution in [3.8, 4) is 11.4 Å². The molecule has 2 aromatic heterocycles. The topological polar surface area (TPSA) is 52.1 Å². The summed E-state index contributed by atoms with van der Waals surface area (Å²) in [6, 6.07) is 11.6. The molecule has 0 aliphatic rings. The quantitative estimate of drug-likeness (QED) is 0.459. The summed E-state index contributed by atoms with van der Waals surface area (Å²) in [6.45, 7) is 3.72. The van der Waals surface area contributed by atoms with Gasteiger partial charge in [0.05, 0.1) is 18.0 Å². The fourth-order valence-electron chi connectivity index (χ4n) is 1.76. The summed E-state index contributed by atoms with van der Waals surface area (Å²) >= 11 is 0. The van der Waals surface area contributed by atoms with Gasteiger partial charge in [-0.3, -0.25) is 9.97 Å². The number of nitrogens with zero attached hydrogens (tertiary/aromatic N) is 2. The first kappa shape index (κ1) is 13.9. The van der Waals surface area contributed by atoms with E-state index in [0.29, 0.717) is 6.61 Å². The van der Waals surface area contributed by atoms with Crippen molar-refractivity contribution in [2.45, 2.75) is 12.8 Å². The van der Waals surface area contributed by atoms with Crippen LogP contribution < -0.4 is 0 Å². The van der Waals surface area contributed by atoms with Crippen molar-refractivity contribution in [3.63, 3.8) is 0 Å². The van der Waals surface area contributed by atoms with Gasteiger partial charge in [-0.05, 0) is 37.1 Å². The molecule has 0 spiro atoms. The molecule has 2 aromatic rings. The van der Waals surface area contributed by atoms with Crippen LogP contribution in [0.15, 0.2) is 55.3 Å². The van der Waals surface area contributed by atoms with Gasteiger partial charge >= 0.3 is 5.97 Å². The smallest absolute Gasteiger partial charge is 0.330 e. The lowest BCUT2D eigenvalue weighted by Crippen LogP contribution is -2.03. The molecule has 0 aliphatic heterocycles. The van der Waals surface area contributed by atoms with Gasteiger partial charge < -0.3 is 4.74 Å². The van der Waals surface area contributed by atoms with E-state index in [2.05, 4.69) is 16.5 Å². The lowest BCUT2D eigenvalue weighted by Gasteiger charge is -2.04. The molecule has 0 fully saturated rings. The Morgan fingerprint density at radius 3 is 2.80 bits per heavy atom. The van der Waals surface area contributed by atoms with Crippen LogP contribution >= 0.6 is 0 Å². The van der Waals surface area contributed by atoms with E-state index in [0.717, 1.165) is 29.9 Å². The highest BCUT2D eigenvalue weighted by atomic mass is 16.5. The highest BCUT2D eigenvalue weighted by Crippen LogP contribution is 2.14. The van der Waals surface area contributed by atoms with E-state index >= 15 is 0 Å². The highest BCUT2D eigenvalue weighted by molar-refractivity contribution is 5.81. The molecule has 2 heterocycles. The molecule has 0 aromatic carbocycles. The molecule has 102 valence electrons. The molecule has 2 rings (SSSR count). The fourth-order valence-corrected chi connectivity index (χ4v) is 1.76. The van der Waals surface area contributed by atoms with Crippen molar-refractivity contribution in [2.24, 2.45) is 0 Å². The van der Waals surface area contributed by atoms with Gasteiger partial charge in [0.2, 0.25) is 0 Å². The average molecular weight is 268 g/mol. The van der Waals surface area contributed by atoms with Crippen LogP contribution in [0, 0.1) is 0 Å². The van der Waals surface area contributed by atoms with E-state index in [1.807, 2.05) is 36.4 Å². The number of carbonyl (C=O) groups is 1. The van der Waals surface area contributed by atoms with E-state index in [9.17, 15) is 4.79 Å². The largest absolute Gasteiger partial charge is 0.463 e. The minimum atomic E-state index is -0.389. The summed E-state index contributed by atoms with van der Waals surface area (Å²) in [4.78, 5) is 19.7. The van der Waals surface area contributed by atoms with Gasteiger partial charge in [-0.15, -0.1) is 0 Å². The van der Waals surface area contributed by atoms with Crippen LogP contribution in [0.1, 0.15) is 12.1 Å². The first-order chi connectivity index (χ1) is 9.79. The number of aryl methyl sites for hydroxylation is 1.